The number of allylic oxidation sites excluding steroid dienone is 8. The monoisotopic (exact) mass is 276 g/mol. The second kappa shape index (κ2) is 12.1. The molecule has 0 amide bonds. The Hall–Kier alpha value is -0.00571. The van der Waals surface area contributed by atoms with Crippen molar-refractivity contribution in [3.05, 3.63) is 61.4 Å². The molecule has 0 saturated heterocycles. The van der Waals surface area contributed by atoms with Crippen molar-refractivity contribution in [2.24, 2.45) is 0 Å². The van der Waals surface area contributed by atoms with Crippen molar-refractivity contribution >= 4 is 0 Å². The molecule has 0 saturated carbocycles. The summed E-state index contributed by atoms with van der Waals surface area (Å²) in [6.07, 6.45) is 14.4. The van der Waals surface area contributed by atoms with Crippen LogP contribution in [0, 0.1) is 13.8 Å². The molecular weight excluding hydrogens is 263 g/mol. The van der Waals surface area contributed by atoms with Gasteiger partial charge in [0.2, 0.25) is 0 Å². The van der Waals surface area contributed by atoms with E-state index in [1.54, 1.807) is 0 Å². The average Bonchev–Trinajstić information content (AvgIpc) is 2.63. The minimum absolute atomic E-state index is 0. The molecule has 3 heteroatoms. The molecule has 0 fully saturated rings. The number of hydrogen-bond donors (Lipinski definition) is 0. The fourth-order valence-corrected chi connectivity index (χ4v) is 0.983. The second-order valence-corrected chi connectivity index (χ2v) is 2.91. The molecule has 0 N–H and O–H groups in total. The van der Waals surface area contributed by atoms with Crippen molar-refractivity contribution in [1.29, 1.82) is 0 Å². The Morgan fingerprint density at radius 2 is 1.13 bits per heavy atom. The molecule has 2 aliphatic rings. The van der Waals surface area contributed by atoms with Crippen molar-refractivity contribution in [1.82, 2.24) is 0 Å². The quantitative estimate of drug-likeness (QED) is 0.337. The van der Waals surface area contributed by atoms with Crippen LogP contribution in [0.1, 0.15) is 12.8 Å². The van der Waals surface area contributed by atoms with Gasteiger partial charge in [0.15, 0.2) is 0 Å². The third-order valence-corrected chi connectivity index (χ3v) is 1.70. The summed E-state index contributed by atoms with van der Waals surface area (Å²) in [6.45, 7) is 7.47. The van der Waals surface area contributed by atoms with E-state index in [0.29, 0.717) is 0 Å². The van der Waals surface area contributed by atoms with Gasteiger partial charge < -0.3 is 24.8 Å². The maximum atomic E-state index is 3.74. The topological polar surface area (TPSA) is 0 Å². The molecule has 0 radical (unpaired) electrons. The van der Waals surface area contributed by atoms with Crippen LogP contribution in [0.25, 0.3) is 0 Å². The van der Waals surface area contributed by atoms with Crippen LogP contribution in [-0.4, -0.2) is 0 Å². The van der Waals surface area contributed by atoms with E-state index in [4.69, 9.17) is 0 Å². The minimum atomic E-state index is 0. The van der Waals surface area contributed by atoms with E-state index in [-0.39, 0.29) is 46.5 Å². The molecule has 0 heterocycles. The Kier molecular flexibility index (Phi) is 16.4. The molecule has 0 atom stereocenters. The molecule has 0 unspecified atom stereocenters. The zero-order valence-corrected chi connectivity index (χ0v) is 11.6. The van der Waals surface area contributed by atoms with E-state index in [1.165, 1.54) is 11.1 Å². The Bertz CT molecular complexity index is 235. The molecular formula is C12H14Cl2Ti. The second-order valence-electron chi connectivity index (χ2n) is 2.91. The number of hydrogen-bond acceptors (Lipinski definition) is 0. The van der Waals surface area contributed by atoms with Gasteiger partial charge in [0.25, 0.3) is 0 Å². The molecule has 80 valence electrons. The number of rotatable bonds is 0. The van der Waals surface area contributed by atoms with Crippen LogP contribution in [0.4, 0.5) is 0 Å². The van der Waals surface area contributed by atoms with Crippen LogP contribution in [0.3, 0.4) is 0 Å². The Morgan fingerprint density at radius 3 is 1.20 bits per heavy atom. The molecule has 0 aromatic carbocycles. The first-order valence-corrected chi connectivity index (χ1v) is 4.14. The van der Waals surface area contributed by atoms with Crippen LogP contribution < -0.4 is 24.8 Å². The van der Waals surface area contributed by atoms with Crippen molar-refractivity contribution in [3.8, 4) is 0 Å². The maximum Gasteiger partial charge on any atom is 4.00 e. The predicted molar refractivity (Wildman–Crippen MR) is 54.4 cm³/mol. The Balaban J connectivity index is -0.000000160. The average molecular weight is 277 g/mol. The van der Waals surface area contributed by atoms with Gasteiger partial charge in [0.05, 0.1) is 0 Å². The zero-order valence-electron chi connectivity index (χ0n) is 8.55. The maximum absolute atomic E-state index is 3.74. The standard InChI is InChI=1S/2C6H7.2ClH.Ti/c2*1-6-4-2-3-5-6;;;/h2*2-4H,1,5H2;2*1H;/q2*-1;;;+4/p-2. The van der Waals surface area contributed by atoms with E-state index in [1.807, 2.05) is 24.3 Å². The molecule has 0 spiro atoms. The van der Waals surface area contributed by atoms with Gasteiger partial charge >= 0.3 is 21.7 Å². The first-order valence-electron chi connectivity index (χ1n) is 4.14. The van der Waals surface area contributed by atoms with Crippen molar-refractivity contribution < 1.29 is 46.5 Å². The summed E-state index contributed by atoms with van der Waals surface area (Å²) in [7, 11) is 0. The van der Waals surface area contributed by atoms with Crippen LogP contribution >= 0.6 is 0 Å². The zero-order chi connectivity index (χ0) is 8.81. The van der Waals surface area contributed by atoms with Gasteiger partial charge in [-0.3, -0.25) is 0 Å². The summed E-state index contributed by atoms with van der Waals surface area (Å²) in [6, 6.07) is 0. The summed E-state index contributed by atoms with van der Waals surface area (Å²) < 4.78 is 0. The molecule has 0 aromatic rings. The van der Waals surface area contributed by atoms with Crippen LogP contribution in [0.5, 0.6) is 0 Å². The minimum Gasteiger partial charge on any atom is -1.00 e. The van der Waals surface area contributed by atoms with E-state index in [2.05, 4.69) is 26.0 Å². The normalized spacial score (nSPS) is 14.7. The van der Waals surface area contributed by atoms with Gasteiger partial charge in [-0.05, 0) is 12.8 Å². The summed E-state index contributed by atoms with van der Waals surface area (Å²) in [5.41, 5.74) is 2.44. The smallest absolute Gasteiger partial charge is 1.00 e. The van der Waals surface area contributed by atoms with Crippen LogP contribution in [0.15, 0.2) is 47.6 Å². The fourth-order valence-electron chi connectivity index (χ4n) is 0.983. The molecule has 15 heavy (non-hydrogen) atoms. The Labute approximate surface area is 120 Å². The SMILES string of the molecule is [CH2-]C1=CC=CC1.[CH2-]C1=CC=CC1.[Cl-].[Cl-].[Ti+4]. The van der Waals surface area contributed by atoms with E-state index >= 15 is 0 Å². The van der Waals surface area contributed by atoms with Gasteiger partial charge in [-0.15, -0.1) is 24.3 Å². The van der Waals surface area contributed by atoms with Crippen molar-refractivity contribution in [2.75, 3.05) is 0 Å². The largest absolute Gasteiger partial charge is 4.00 e. The molecule has 0 aromatic heterocycles. The Morgan fingerprint density at radius 1 is 0.800 bits per heavy atom. The van der Waals surface area contributed by atoms with Crippen molar-refractivity contribution in [2.45, 2.75) is 12.8 Å². The first-order chi connectivity index (χ1) is 5.79. The van der Waals surface area contributed by atoms with Crippen molar-refractivity contribution in [3.63, 3.8) is 0 Å². The molecule has 0 aliphatic heterocycles. The van der Waals surface area contributed by atoms with E-state index < -0.39 is 0 Å². The fraction of sp³-hybridized carbons (Fsp3) is 0.167. The van der Waals surface area contributed by atoms with E-state index in [9.17, 15) is 0 Å². The summed E-state index contributed by atoms with van der Waals surface area (Å²) in [5.74, 6) is 0. The van der Waals surface area contributed by atoms with Gasteiger partial charge in [-0.1, -0.05) is 0 Å². The third-order valence-electron chi connectivity index (χ3n) is 1.70. The van der Waals surface area contributed by atoms with E-state index in [0.717, 1.165) is 12.8 Å². The number of halogens is 2. The molecule has 0 bridgehead atoms. The van der Waals surface area contributed by atoms with Gasteiger partial charge in [-0.2, -0.15) is 0 Å². The van der Waals surface area contributed by atoms with Crippen LogP contribution in [0.2, 0.25) is 0 Å². The molecule has 2 aliphatic carbocycles. The van der Waals surface area contributed by atoms with Gasteiger partial charge in [-0.25, -0.2) is 37.1 Å². The summed E-state index contributed by atoms with van der Waals surface area (Å²) in [4.78, 5) is 0. The predicted octanol–water partition coefficient (Wildman–Crippen LogP) is -2.58. The molecule has 0 nitrogen and oxygen atoms in total. The first kappa shape index (κ1) is 20.4. The molecule has 2 rings (SSSR count). The summed E-state index contributed by atoms with van der Waals surface area (Å²) in [5, 5.41) is 0. The van der Waals surface area contributed by atoms with Gasteiger partial charge in [0.1, 0.15) is 0 Å². The van der Waals surface area contributed by atoms with Crippen LogP contribution in [-0.2, 0) is 21.7 Å². The third kappa shape index (κ3) is 10.3. The summed E-state index contributed by atoms with van der Waals surface area (Å²) >= 11 is 0. The van der Waals surface area contributed by atoms with Gasteiger partial charge in [0, 0.05) is 0 Å².